The first-order chi connectivity index (χ1) is 10.1. The zero-order chi connectivity index (χ0) is 14.8. The van der Waals surface area contributed by atoms with Gasteiger partial charge in [0, 0.05) is 28.9 Å². The molecule has 2 aliphatic rings. The van der Waals surface area contributed by atoms with Gasteiger partial charge in [-0.3, -0.25) is 9.59 Å². The number of benzene rings is 1. The molecule has 5 nitrogen and oxygen atoms in total. The van der Waals surface area contributed by atoms with Crippen molar-refractivity contribution in [1.82, 2.24) is 10.6 Å². The second-order valence-corrected chi connectivity index (χ2v) is 6.88. The third-order valence-electron chi connectivity index (χ3n) is 3.56. The summed E-state index contributed by atoms with van der Waals surface area (Å²) in [7, 11) is 0. The zero-order valence-electron chi connectivity index (χ0n) is 11.3. The highest BCUT2D eigenvalue weighted by atomic mass is 35.5. The molecule has 7 heteroatoms. The Hall–Kier alpha value is -1.24. The van der Waals surface area contributed by atoms with E-state index in [1.165, 1.54) is 11.8 Å². The standard InChI is InChI=1S/C14H16ClN3O2S/c15-8-1-2-11-10(5-8)18-14(20)12(21-11)6-13(19)17-9-3-4-16-7-9/h1-2,5,9,12,16H,3-4,6-7H2,(H,17,19)(H,18,20). The molecule has 1 fully saturated rings. The molecule has 0 radical (unpaired) electrons. The summed E-state index contributed by atoms with van der Waals surface area (Å²) in [5.74, 6) is -0.219. The van der Waals surface area contributed by atoms with Crippen molar-refractivity contribution in [3.05, 3.63) is 23.2 Å². The summed E-state index contributed by atoms with van der Waals surface area (Å²) in [6.07, 6.45) is 1.13. The van der Waals surface area contributed by atoms with Crippen LogP contribution in [0.4, 0.5) is 5.69 Å². The lowest BCUT2D eigenvalue weighted by atomic mass is 10.2. The van der Waals surface area contributed by atoms with Crippen LogP contribution >= 0.6 is 23.4 Å². The Morgan fingerprint density at radius 1 is 1.48 bits per heavy atom. The summed E-state index contributed by atoms with van der Waals surface area (Å²) >= 11 is 7.32. The van der Waals surface area contributed by atoms with Gasteiger partial charge in [-0.1, -0.05) is 11.6 Å². The number of nitrogens with one attached hydrogen (secondary N) is 3. The van der Waals surface area contributed by atoms with E-state index >= 15 is 0 Å². The summed E-state index contributed by atoms with van der Waals surface area (Å²) in [4.78, 5) is 25.0. The molecule has 0 spiro atoms. The first-order valence-corrected chi connectivity index (χ1v) is 8.15. The third-order valence-corrected chi connectivity index (χ3v) is 5.07. The minimum Gasteiger partial charge on any atom is -0.352 e. The van der Waals surface area contributed by atoms with Crippen molar-refractivity contribution in [3.8, 4) is 0 Å². The first-order valence-electron chi connectivity index (χ1n) is 6.89. The van der Waals surface area contributed by atoms with Crippen molar-refractivity contribution in [1.29, 1.82) is 0 Å². The molecule has 1 saturated heterocycles. The van der Waals surface area contributed by atoms with Gasteiger partial charge >= 0.3 is 0 Å². The lowest BCUT2D eigenvalue weighted by Crippen LogP contribution is -2.40. The van der Waals surface area contributed by atoms with Gasteiger partial charge in [0.15, 0.2) is 0 Å². The lowest BCUT2D eigenvalue weighted by molar-refractivity contribution is -0.124. The predicted molar refractivity (Wildman–Crippen MR) is 83.8 cm³/mol. The fraction of sp³-hybridized carbons (Fsp3) is 0.429. The van der Waals surface area contributed by atoms with Crippen LogP contribution in [-0.4, -0.2) is 36.2 Å². The van der Waals surface area contributed by atoms with Crippen molar-refractivity contribution in [2.45, 2.75) is 29.0 Å². The summed E-state index contributed by atoms with van der Waals surface area (Å²) < 4.78 is 0. The maximum atomic E-state index is 12.1. The molecule has 2 unspecified atom stereocenters. The smallest absolute Gasteiger partial charge is 0.238 e. The van der Waals surface area contributed by atoms with E-state index < -0.39 is 5.25 Å². The SMILES string of the molecule is O=C(CC1Sc2ccc(Cl)cc2NC1=O)NC1CCNC1. The maximum absolute atomic E-state index is 12.1. The molecular weight excluding hydrogens is 310 g/mol. The molecule has 0 saturated carbocycles. The minimum atomic E-state index is -0.395. The molecule has 0 bridgehead atoms. The minimum absolute atomic E-state index is 0.0752. The van der Waals surface area contributed by atoms with Crippen molar-refractivity contribution >= 4 is 40.9 Å². The Kier molecular flexibility index (Phi) is 4.37. The fourth-order valence-electron chi connectivity index (χ4n) is 2.49. The number of amides is 2. The highest BCUT2D eigenvalue weighted by molar-refractivity contribution is 8.01. The number of halogens is 1. The second kappa shape index (κ2) is 6.25. The molecule has 2 amide bonds. The average molecular weight is 326 g/mol. The van der Waals surface area contributed by atoms with Crippen LogP contribution in [-0.2, 0) is 9.59 Å². The quantitative estimate of drug-likeness (QED) is 0.790. The summed E-state index contributed by atoms with van der Waals surface area (Å²) in [5.41, 5.74) is 0.717. The second-order valence-electron chi connectivity index (χ2n) is 5.20. The Labute approximate surface area is 132 Å². The number of hydrogen-bond acceptors (Lipinski definition) is 4. The largest absolute Gasteiger partial charge is 0.352 e. The van der Waals surface area contributed by atoms with Crippen LogP contribution in [0.5, 0.6) is 0 Å². The van der Waals surface area contributed by atoms with E-state index in [1.807, 2.05) is 6.07 Å². The average Bonchev–Trinajstić information content (AvgIpc) is 2.92. The number of thioether (sulfide) groups is 1. The molecule has 1 aromatic carbocycles. The van der Waals surface area contributed by atoms with Crippen LogP contribution in [0.25, 0.3) is 0 Å². The maximum Gasteiger partial charge on any atom is 0.238 e. The number of anilines is 1. The Morgan fingerprint density at radius 3 is 3.10 bits per heavy atom. The molecular formula is C14H16ClN3O2S. The van der Waals surface area contributed by atoms with Crippen LogP contribution in [0.15, 0.2) is 23.1 Å². The van der Waals surface area contributed by atoms with Crippen molar-refractivity contribution in [2.24, 2.45) is 0 Å². The van der Waals surface area contributed by atoms with Crippen molar-refractivity contribution < 1.29 is 9.59 Å². The van der Waals surface area contributed by atoms with E-state index in [0.29, 0.717) is 10.7 Å². The molecule has 2 heterocycles. The third kappa shape index (κ3) is 3.51. The first kappa shape index (κ1) is 14.7. The number of carbonyl (C=O) groups is 2. The van der Waals surface area contributed by atoms with Gasteiger partial charge in [-0.15, -0.1) is 11.8 Å². The van der Waals surface area contributed by atoms with Crippen molar-refractivity contribution in [2.75, 3.05) is 18.4 Å². The molecule has 0 aliphatic carbocycles. The zero-order valence-corrected chi connectivity index (χ0v) is 12.9. The van der Waals surface area contributed by atoms with E-state index in [-0.39, 0.29) is 24.3 Å². The van der Waals surface area contributed by atoms with Gasteiger partial charge in [-0.2, -0.15) is 0 Å². The fourth-order valence-corrected chi connectivity index (χ4v) is 3.75. The van der Waals surface area contributed by atoms with Gasteiger partial charge < -0.3 is 16.0 Å². The number of fused-ring (bicyclic) bond motifs is 1. The van der Waals surface area contributed by atoms with Gasteiger partial charge in [0.2, 0.25) is 11.8 Å². The van der Waals surface area contributed by atoms with Gasteiger partial charge in [-0.25, -0.2) is 0 Å². The molecule has 112 valence electrons. The summed E-state index contributed by atoms with van der Waals surface area (Å²) in [5, 5.41) is 9.16. The van der Waals surface area contributed by atoms with Crippen LogP contribution in [0.2, 0.25) is 5.02 Å². The molecule has 21 heavy (non-hydrogen) atoms. The Morgan fingerprint density at radius 2 is 2.33 bits per heavy atom. The number of hydrogen-bond donors (Lipinski definition) is 3. The number of rotatable bonds is 3. The van der Waals surface area contributed by atoms with E-state index in [1.54, 1.807) is 12.1 Å². The molecule has 3 N–H and O–H groups in total. The van der Waals surface area contributed by atoms with Crippen LogP contribution < -0.4 is 16.0 Å². The van der Waals surface area contributed by atoms with Gasteiger partial charge in [0.1, 0.15) is 0 Å². The molecule has 2 atom stereocenters. The Bertz CT molecular complexity index is 575. The molecule has 2 aliphatic heterocycles. The predicted octanol–water partition coefficient (Wildman–Crippen LogP) is 1.62. The van der Waals surface area contributed by atoms with Crippen molar-refractivity contribution in [3.63, 3.8) is 0 Å². The van der Waals surface area contributed by atoms with E-state index in [2.05, 4.69) is 16.0 Å². The van der Waals surface area contributed by atoms with E-state index in [9.17, 15) is 9.59 Å². The van der Waals surface area contributed by atoms with Crippen LogP contribution in [0.3, 0.4) is 0 Å². The lowest BCUT2D eigenvalue weighted by Gasteiger charge is -2.24. The van der Waals surface area contributed by atoms with Crippen LogP contribution in [0.1, 0.15) is 12.8 Å². The van der Waals surface area contributed by atoms with Gasteiger partial charge in [0.05, 0.1) is 10.9 Å². The van der Waals surface area contributed by atoms with E-state index in [0.717, 1.165) is 24.4 Å². The Balaban J connectivity index is 1.62. The highest BCUT2D eigenvalue weighted by Crippen LogP contribution is 2.38. The number of carbonyl (C=O) groups excluding carboxylic acids is 2. The normalized spacial score (nSPS) is 24.3. The van der Waals surface area contributed by atoms with E-state index in [4.69, 9.17) is 11.6 Å². The molecule has 1 aromatic rings. The van der Waals surface area contributed by atoms with Gasteiger partial charge in [-0.05, 0) is 31.2 Å². The monoisotopic (exact) mass is 325 g/mol. The topological polar surface area (TPSA) is 70.2 Å². The molecule has 3 rings (SSSR count). The summed E-state index contributed by atoms with van der Waals surface area (Å²) in [6.45, 7) is 1.73. The van der Waals surface area contributed by atoms with Gasteiger partial charge in [0.25, 0.3) is 0 Å². The van der Waals surface area contributed by atoms with Crippen LogP contribution in [0, 0.1) is 0 Å². The summed E-state index contributed by atoms with van der Waals surface area (Å²) in [6, 6.07) is 5.56. The molecule has 0 aromatic heterocycles. The highest BCUT2D eigenvalue weighted by Gasteiger charge is 2.30.